The van der Waals surface area contributed by atoms with Gasteiger partial charge in [-0.15, -0.1) is 0 Å². The number of hydrogen-bond acceptors (Lipinski definition) is 3. The fraction of sp³-hybridized carbons (Fsp3) is 0.250. The summed E-state index contributed by atoms with van der Waals surface area (Å²) in [6.45, 7) is 4.56. The van der Waals surface area contributed by atoms with Crippen LogP contribution in [0.4, 0.5) is 0 Å². The highest BCUT2D eigenvalue weighted by molar-refractivity contribution is 6.15. The van der Waals surface area contributed by atoms with Crippen molar-refractivity contribution in [3.05, 3.63) is 46.4 Å². The molecular weight excluding hydrogens is 268 g/mol. The minimum absolute atomic E-state index is 0.123. The third kappa shape index (κ3) is 1.93. The van der Waals surface area contributed by atoms with E-state index in [9.17, 15) is 9.59 Å². The van der Waals surface area contributed by atoms with Gasteiger partial charge in [-0.1, -0.05) is 18.2 Å². The van der Waals surface area contributed by atoms with Crippen LogP contribution < -0.4 is 5.56 Å². The molecule has 0 spiro atoms. The number of rotatable bonds is 3. The van der Waals surface area contributed by atoms with E-state index in [0.29, 0.717) is 29.6 Å². The second-order valence-electron chi connectivity index (χ2n) is 4.74. The first-order chi connectivity index (χ1) is 10.2. The van der Waals surface area contributed by atoms with Crippen molar-refractivity contribution < 1.29 is 9.53 Å². The Morgan fingerprint density at radius 3 is 2.76 bits per heavy atom. The molecule has 2 aromatic heterocycles. The summed E-state index contributed by atoms with van der Waals surface area (Å²) in [5, 5.41) is 1.51. The van der Waals surface area contributed by atoms with Crippen molar-refractivity contribution in [1.29, 1.82) is 0 Å². The summed E-state index contributed by atoms with van der Waals surface area (Å²) in [7, 11) is 0. The maximum atomic E-state index is 12.5. The molecule has 0 saturated heterocycles. The second kappa shape index (κ2) is 5.09. The molecule has 0 bridgehead atoms. The number of H-pyrrole nitrogens is 1. The minimum Gasteiger partial charge on any atom is -0.462 e. The van der Waals surface area contributed by atoms with Gasteiger partial charge in [-0.25, -0.2) is 4.79 Å². The van der Waals surface area contributed by atoms with Crippen molar-refractivity contribution in [2.75, 3.05) is 6.61 Å². The van der Waals surface area contributed by atoms with Gasteiger partial charge in [0.25, 0.3) is 5.56 Å². The van der Waals surface area contributed by atoms with E-state index in [-0.39, 0.29) is 5.56 Å². The SMILES string of the molecule is CCOC(=O)c1c[nH]c2c(=O)n(CC)c3ccccc3c12. The third-order valence-electron chi connectivity index (χ3n) is 3.61. The lowest BCUT2D eigenvalue weighted by molar-refractivity contribution is 0.0529. The number of benzene rings is 1. The quantitative estimate of drug-likeness (QED) is 0.752. The molecule has 0 saturated carbocycles. The fourth-order valence-corrected chi connectivity index (χ4v) is 2.72. The lowest BCUT2D eigenvalue weighted by Gasteiger charge is -2.09. The van der Waals surface area contributed by atoms with Crippen molar-refractivity contribution in [2.45, 2.75) is 20.4 Å². The maximum absolute atomic E-state index is 12.5. The number of ether oxygens (including phenoxy) is 1. The number of nitrogens with one attached hydrogen (secondary N) is 1. The Hall–Kier alpha value is -2.56. The summed E-state index contributed by atoms with van der Waals surface area (Å²) in [6, 6.07) is 7.59. The van der Waals surface area contributed by atoms with E-state index in [0.717, 1.165) is 10.9 Å². The van der Waals surface area contributed by atoms with E-state index in [4.69, 9.17) is 4.74 Å². The minimum atomic E-state index is -0.414. The Labute approximate surface area is 121 Å². The summed E-state index contributed by atoms with van der Waals surface area (Å²) in [6.07, 6.45) is 1.55. The molecule has 3 rings (SSSR count). The van der Waals surface area contributed by atoms with Crippen LogP contribution in [0, 0.1) is 0 Å². The van der Waals surface area contributed by atoms with Gasteiger partial charge in [-0.05, 0) is 19.9 Å². The number of fused-ring (bicyclic) bond motifs is 3. The monoisotopic (exact) mass is 284 g/mol. The van der Waals surface area contributed by atoms with Gasteiger partial charge in [0.05, 0.1) is 17.7 Å². The van der Waals surface area contributed by atoms with Crippen LogP contribution >= 0.6 is 0 Å². The molecule has 1 N–H and O–H groups in total. The Morgan fingerprint density at radius 2 is 2.05 bits per heavy atom. The molecule has 0 aliphatic rings. The van der Waals surface area contributed by atoms with E-state index >= 15 is 0 Å². The van der Waals surface area contributed by atoms with E-state index in [1.807, 2.05) is 31.2 Å². The number of hydrogen-bond donors (Lipinski definition) is 1. The second-order valence-corrected chi connectivity index (χ2v) is 4.74. The summed E-state index contributed by atoms with van der Waals surface area (Å²) >= 11 is 0. The molecule has 0 aliphatic carbocycles. The van der Waals surface area contributed by atoms with E-state index in [1.54, 1.807) is 17.7 Å². The normalized spacial score (nSPS) is 11.1. The molecule has 0 fully saturated rings. The number of aromatic amines is 1. The number of aromatic nitrogens is 2. The van der Waals surface area contributed by atoms with Crippen LogP contribution in [0.1, 0.15) is 24.2 Å². The molecule has 0 atom stereocenters. The standard InChI is InChI=1S/C16H16N2O3/c1-3-18-12-8-6-5-7-10(12)13-11(16(20)21-4-2)9-17-14(13)15(18)19/h5-9,17H,3-4H2,1-2H3. The molecule has 1 aromatic carbocycles. The van der Waals surface area contributed by atoms with Crippen molar-refractivity contribution >= 4 is 27.8 Å². The molecular formula is C16H16N2O3. The van der Waals surface area contributed by atoms with Crippen molar-refractivity contribution in [3.8, 4) is 0 Å². The van der Waals surface area contributed by atoms with Crippen LogP contribution in [0.15, 0.2) is 35.3 Å². The molecule has 21 heavy (non-hydrogen) atoms. The predicted molar refractivity (Wildman–Crippen MR) is 81.7 cm³/mol. The Kier molecular flexibility index (Phi) is 3.25. The summed E-state index contributed by atoms with van der Waals surface area (Å²) in [4.78, 5) is 27.6. The van der Waals surface area contributed by atoms with Crippen LogP contribution in [0.3, 0.4) is 0 Å². The van der Waals surface area contributed by atoms with Crippen molar-refractivity contribution in [1.82, 2.24) is 9.55 Å². The number of aryl methyl sites for hydroxylation is 1. The van der Waals surface area contributed by atoms with Crippen LogP contribution in [0.5, 0.6) is 0 Å². The number of nitrogens with zero attached hydrogens (tertiary/aromatic N) is 1. The number of esters is 1. The van der Waals surface area contributed by atoms with Gasteiger partial charge >= 0.3 is 5.97 Å². The highest BCUT2D eigenvalue weighted by atomic mass is 16.5. The zero-order chi connectivity index (χ0) is 15.0. The zero-order valence-corrected chi connectivity index (χ0v) is 12.0. The predicted octanol–water partition coefficient (Wildman–Crippen LogP) is 2.68. The molecule has 0 aliphatic heterocycles. The van der Waals surface area contributed by atoms with Gasteiger partial charge in [0.1, 0.15) is 5.52 Å². The first-order valence-corrected chi connectivity index (χ1v) is 6.98. The summed E-state index contributed by atoms with van der Waals surface area (Å²) in [5.41, 5.74) is 1.55. The number of carbonyl (C=O) groups is 1. The van der Waals surface area contributed by atoms with Gasteiger partial charge in [-0.2, -0.15) is 0 Å². The summed E-state index contributed by atoms with van der Waals surface area (Å²) in [5.74, 6) is -0.414. The third-order valence-corrected chi connectivity index (χ3v) is 3.61. The zero-order valence-electron chi connectivity index (χ0n) is 12.0. The van der Waals surface area contributed by atoms with Gasteiger partial charge in [0.2, 0.25) is 0 Å². The Balaban J connectivity index is 2.47. The molecule has 2 heterocycles. The van der Waals surface area contributed by atoms with Crippen LogP contribution in [-0.2, 0) is 11.3 Å². The molecule has 0 radical (unpaired) electrons. The topological polar surface area (TPSA) is 64.1 Å². The van der Waals surface area contributed by atoms with Crippen molar-refractivity contribution in [3.63, 3.8) is 0 Å². The van der Waals surface area contributed by atoms with Crippen LogP contribution in [0.2, 0.25) is 0 Å². The number of pyridine rings is 1. The fourth-order valence-electron chi connectivity index (χ4n) is 2.72. The lowest BCUT2D eigenvalue weighted by atomic mass is 10.1. The average molecular weight is 284 g/mol. The first-order valence-electron chi connectivity index (χ1n) is 6.98. The van der Waals surface area contributed by atoms with E-state index in [2.05, 4.69) is 4.98 Å². The number of carbonyl (C=O) groups excluding carboxylic acids is 1. The molecule has 108 valence electrons. The largest absolute Gasteiger partial charge is 0.462 e. The summed E-state index contributed by atoms with van der Waals surface area (Å²) < 4.78 is 6.77. The first kappa shape index (κ1) is 13.4. The Bertz CT molecular complexity index is 890. The molecule has 3 aromatic rings. The maximum Gasteiger partial charge on any atom is 0.340 e. The van der Waals surface area contributed by atoms with Crippen LogP contribution in [0.25, 0.3) is 21.8 Å². The molecule has 5 heteroatoms. The van der Waals surface area contributed by atoms with Gasteiger partial charge < -0.3 is 14.3 Å². The van der Waals surface area contributed by atoms with E-state index in [1.165, 1.54) is 0 Å². The van der Waals surface area contributed by atoms with Gasteiger partial charge in [0.15, 0.2) is 0 Å². The number of para-hydroxylation sites is 1. The smallest absolute Gasteiger partial charge is 0.340 e. The highest BCUT2D eigenvalue weighted by Crippen LogP contribution is 2.26. The average Bonchev–Trinajstić information content (AvgIpc) is 2.93. The van der Waals surface area contributed by atoms with Crippen molar-refractivity contribution in [2.24, 2.45) is 0 Å². The van der Waals surface area contributed by atoms with Gasteiger partial charge in [0, 0.05) is 23.5 Å². The van der Waals surface area contributed by atoms with Gasteiger partial charge in [-0.3, -0.25) is 4.79 Å². The van der Waals surface area contributed by atoms with E-state index < -0.39 is 5.97 Å². The lowest BCUT2D eigenvalue weighted by Crippen LogP contribution is -2.20. The molecule has 5 nitrogen and oxygen atoms in total. The molecule has 0 amide bonds. The highest BCUT2D eigenvalue weighted by Gasteiger charge is 2.19. The Morgan fingerprint density at radius 1 is 1.29 bits per heavy atom. The molecule has 0 unspecified atom stereocenters. The van der Waals surface area contributed by atoms with Crippen LogP contribution in [-0.4, -0.2) is 22.1 Å².